The number of fused-ring (bicyclic) bond motifs is 7. The summed E-state index contributed by atoms with van der Waals surface area (Å²) < 4.78 is 55.4. The molecule has 4 aliphatic heterocycles. The molecule has 6 nitrogen and oxygen atoms in total. The van der Waals surface area contributed by atoms with Gasteiger partial charge in [0.05, 0.1) is 23.1 Å². The van der Waals surface area contributed by atoms with E-state index in [1.165, 1.54) is 30.3 Å². The predicted molar refractivity (Wildman–Crippen MR) is 107 cm³/mol. The molecule has 0 bridgehead atoms. The zero-order chi connectivity index (χ0) is 23.3. The van der Waals surface area contributed by atoms with Gasteiger partial charge >= 0.3 is 6.18 Å². The third-order valence-electron chi connectivity index (χ3n) is 7.40. The van der Waals surface area contributed by atoms with Gasteiger partial charge in [0, 0.05) is 17.3 Å². The van der Waals surface area contributed by atoms with Crippen LogP contribution < -0.4 is 10.2 Å². The first-order valence-electron chi connectivity index (χ1n) is 10.6. The topological polar surface area (TPSA) is 69.7 Å². The van der Waals surface area contributed by atoms with Gasteiger partial charge < -0.3 is 5.32 Å². The Balaban J connectivity index is 1.56. The summed E-state index contributed by atoms with van der Waals surface area (Å²) in [6.07, 6.45) is -3.63. The summed E-state index contributed by atoms with van der Waals surface area (Å²) in [5.41, 5.74) is -2.71. The van der Waals surface area contributed by atoms with E-state index in [0.717, 1.165) is 12.1 Å². The van der Waals surface area contributed by atoms with Crippen LogP contribution in [0.25, 0.3) is 0 Å². The number of benzene rings is 2. The molecule has 2 aromatic rings. The van der Waals surface area contributed by atoms with Crippen LogP contribution in [0.4, 0.5) is 28.9 Å². The number of hydrogen-bond acceptors (Lipinski definition) is 4. The molecular weight excluding hydrogens is 442 g/mol. The Hall–Kier alpha value is -3.27. The van der Waals surface area contributed by atoms with Crippen molar-refractivity contribution in [2.75, 3.05) is 16.8 Å². The van der Waals surface area contributed by atoms with Gasteiger partial charge in [-0.25, -0.2) is 9.29 Å². The van der Waals surface area contributed by atoms with Gasteiger partial charge in [0.25, 0.3) is 0 Å². The van der Waals surface area contributed by atoms with Crippen LogP contribution in [-0.4, -0.2) is 35.2 Å². The van der Waals surface area contributed by atoms with Crippen LogP contribution in [-0.2, 0) is 26.1 Å². The van der Waals surface area contributed by atoms with Crippen LogP contribution in [0.2, 0.25) is 0 Å². The first kappa shape index (κ1) is 20.3. The smallest absolute Gasteiger partial charge is 0.324 e. The lowest BCUT2D eigenvalue weighted by molar-refractivity contribution is -0.138. The van der Waals surface area contributed by atoms with Crippen molar-refractivity contribution >= 4 is 29.1 Å². The van der Waals surface area contributed by atoms with Gasteiger partial charge in [0.15, 0.2) is 0 Å². The minimum atomic E-state index is -4.79. The molecule has 170 valence electrons. The van der Waals surface area contributed by atoms with Crippen molar-refractivity contribution in [1.82, 2.24) is 4.90 Å². The van der Waals surface area contributed by atoms with Crippen molar-refractivity contribution in [2.24, 2.45) is 11.8 Å². The number of amides is 3. The molecule has 3 saturated heterocycles. The first-order valence-corrected chi connectivity index (χ1v) is 10.6. The maximum atomic E-state index is 14.3. The molecule has 4 aliphatic rings. The molecular formula is C23H17F4N3O3. The Morgan fingerprint density at radius 3 is 2.55 bits per heavy atom. The molecule has 0 saturated carbocycles. The van der Waals surface area contributed by atoms with Crippen molar-refractivity contribution < 1.29 is 31.9 Å². The van der Waals surface area contributed by atoms with Crippen LogP contribution in [0, 0.1) is 17.7 Å². The highest BCUT2D eigenvalue weighted by atomic mass is 19.4. The quantitative estimate of drug-likeness (QED) is 0.525. The molecule has 10 heteroatoms. The lowest BCUT2D eigenvalue weighted by Gasteiger charge is -2.36. The molecule has 33 heavy (non-hydrogen) atoms. The Kier molecular flexibility index (Phi) is 3.95. The second kappa shape index (κ2) is 6.40. The molecule has 3 amide bonds. The minimum absolute atomic E-state index is 0.249. The van der Waals surface area contributed by atoms with Gasteiger partial charge in [-0.15, -0.1) is 0 Å². The SMILES string of the molecule is O=C1C2C3CCCN3C3(C(=O)Nc4ccc(F)cc43)C2C(=O)N1c1ccccc1C(F)(F)F. The van der Waals surface area contributed by atoms with Crippen molar-refractivity contribution in [3.63, 3.8) is 0 Å². The summed E-state index contributed by atoms with van der Waals surface area (Å²) >= 11 is 0. The van der Waals surface area contributed by atoms with E-state index in [4.69, 9.17) is 0 Å². The fraction of sp³-hybridized carbons (Fsp3) is 0.348. The fourth-order valence-electron chi connectivity index (χ4n) is 6.32. The van der Waals surface area contributed by atoms with Gasteiger partial charge in [0.2, 0.25) is 17.7 Å². The van der Waals surface area contributed by atoms with Crippen molar-refractivity contribution in [2.45, 2.75) is 30.6 Å². The fourth-order valence-corrected chi connectivity index (χ4v) is 6.32. The zero-order valence-electron chi connectivity index (χ0n) is 17.0. The molecule has 4 heterocycles. The predicted octanol–water partition coefficient (Wildman–Crippen LogP) is 3.28. The molecule has 3 fully saturated rings. The maximum absolute atomic E-state index is 14.3. The third kappa shape index (κ3) is 2.39. The van der Waals surface area contributed by atoms with Crippen molar-refractivity contribution in [3.05, 3.63) is 59.4 Å². The van der Waals surface area contributed by atoms with E-state index in [1.807, 2.05) is 0 Å². The Morgan fingerprint density at radius 1 is 1.03 bits per heavy atom. The zero-order valence-corrected chi connectivity index (χ0v) is 17.0. The standard InChI is InChI=1S/C23H17F4N3O3/c24-11-7-8-14-13(10-11)22(21(33)28-14)18-17(16-6-3-9-29(16)22)19(31)30(20(18)32)15-5-2-1-4-12(15)23(25,26)27/h1-2,4-5,7-8,10,16-18H,3,6,9H2,(H,28,33). The van der Waals surface area contributed by atoms with E-state index in [-0.39, 0.29) is 5.56 Å². The molecule has 4 atom stereocenters. The normalized spacial score (nSPS) is 30.7. The monoisotopic (exact) mass is 459 g/mol. The van der Waals surface area contributed by atoms with Crippen molar-refractivity contribution in [3.8, 4) is 0 Å². The number of nitrogens with one attached hydrogen (secondary N) is 1. The Labute approximate surface area is 185 Å². The Morgan fingerprint density at radius 2 is 1.79 bits per heavy atom. The summed E-state index contributed by atoms with van der Waals surface area (Å²) in [5.74, 6) is -5.05. The molecule has 0 aromatic heterocycles. The van der Waals surface area contributed by atoms with Gasteiger partial charge in [-0.2, -0.15) is 13.2 Å². The number of halogens is 4. The summed E-state index contributed by atoms with van der Waals surface area (Å²) in [6.45, 7) is 0.417. The maximum Gasteiger partial charge on any atom is 0.418 e. The highest BCUT2D eigenvalue weighted by Crippen LogP contribution is 2.61. The number of rotatable bonds is 1. The molecule has 1 N–H and O–H groups in total. The Bertz CT molecular complexity index is 1250. The number of carbonyl (C=O) groups is 3. The van der Waals surface area contributed by atoms with Gasteiger partial charge in [-0.05, 0) is 49.7 Å². The number of carbonyl (C=O) groups excluding carboxylic acids is 3. The van der Waals surface area contributed by atoms with E-state index in [9.17, 15) is 31.9 Å². The number of alkyl halides is 3. The number of anilines is 2. The van der Waals surface area contributed by atoms with Crippen LogP contribution in [0.15, 0.2) is 42.5 Å². The highest BCUT2D eigenvalue weighted by molar-refractivity contribution is 6.26. The second-order valence-electron chi connectivity index (χ2n) is 8.84. The van der Waals surface area contributed by atoms with Crippen LogP contribution in [0.5, 0.6) is 0 Å². The van der Waals surface area contributed by atoms with E-state index in [0.29, 0.717) is 30.0 Å². The van der Waals surface area contributed by atoms with E-state index >= 15 is 0 Å². The third-order valence-corrected chi connectivity index (χ3v) is 7.40. The minimum Gasteiger partial charge on any atom is -0.324 e. The van der Waals surface area contributed by atoms with Gasteiger partial charge in [0.1, 0.15) is 11.4 Å². The lowest BCUT2D eigenvalue weighted by Crippen LogP contribution is -2.54. The van der Waals surface area contributed by atoms with Crippen LogP contribution in [0.1, 0.15) is 24.0 Å². The molecule has 2 aromatic carbocycles. The summed E-state index contributed by atoms with van der Waals surface area (Å²) in [6, 6.07) is 7.65. The second-order valence-corrected chi connectivity index (χ2v) is 8.84. The number of para-hydroxylation sites is 1. The van der Waals surface area contributed by atoms with Crippen LogP contribution in [0.3, 0.4) is 0 Å². The number of imide groups is 1. The molecule has 6 rings (SSSR count). The summed E-state index contributed by atoms with van der Waals surface area (Å²) in [4.78, 5) is 43.1. The molecule has 0 aliphatic carbocycles. The van der Waals surface area contributed by atoms with E-state index in [2.05, 4.69) is 5.32 Å². The lowest BCUT2D eigenvalue weighted by atomic mass is 9.75. The molecule has 1 spiro atoms. The molecule has 0 radical (unpaired) electrons. The van der Waals surface area contributed by atoms with Gasteiger partial charge in [-0.3, -0.25) is 19.3 Å². The van der Waals surface area contributed by atoms with Gasteiger partial charge in [-0.1, -0.05) is 12.1 Å². The first-order chi connectivity index (χ1) is 15.7. The number of hydrogen-bond donors (Lipinski definition) is 1. The number of nitrogens with zero attached hydrogens (tertiary/aromatic N) is 2. The van der Waals surface area contributed by atoms with E-state index in [1.54, 1.807) is 4.90 Å². The van der Waals surface area contributed by atoms with E-state index < -0.39 is 64.4 Å². The largest absolute Gasteiger partial charge is 0.418 e. The molecule has 4 unspecified atom stereocenters. The van der Waals surface area contributed by atoms with Crippen molar-refractivity contribution in [1.29, 1.82) is 0 Å². The average Bonchev–Trinajstić information content (AvgIpc) is 3.46. The summed E-state index contributed by atoms with van der Waals surface area (Å²) in [7, 11) is 0. The average molecular weight is 459 g/mol. The highest BCUT2D eigenvalue weighted by Gasteiger charge is 2.74. The summed E-state index contributed by atoms with van der Waals surface area (Å²) in [5, 5.41) is 2.70. The van der Waals surface area contributed by atoms with Crippen LogP contribution >= 0.6 is 0 Å².